The zero-order valence-electron chi connectivity index (χ0n) is 16.5. The number of hydrazone groups is 1. The Bertz CT molecular complexity index is 1010. The zero-order chi connectivity index (χ0) is 20.8. The predicted molar refractivity (Wildman–Crippen MR) is 122 cm³/mol. The number of hydrogen-bond donors (Lipinski definition) is 1. The van der Waals surface area contributed by atoms with E-state index >= 15 is 0 Å². The topological polar surface area (TPSA) is 55.6 Å². The molecule has 29 heavy (non-hydrogen) atoms. The summed E-state index contributed by atoms with van der Waals surface area (Å²) in [5.41, 5.74) is 6.75. The molecular weight excluding hydrogens is 450 g/mol. The number of rotatable bonds is 7. The molecule has 3 rings (SSSR count). The minimum atomic E-state index is -0.157. The van der Waals surface area contributed by atoms with E-state index in [1.807, 2.05) is 56.3 Å². The third-order valence-electron chi connectivity index (χ3n) is 4.44. The van der Waals surface area contributed by atoms with Gasteiger partial charge in [0, 0.05) is 32.0 Å². The SMILES string of the molecule is COc1ccc(SCC(=O)N/N=C/c2c(Br)c(C)n(-c3ccccc3)c2C)cc1. The number of nitrogens with one attached hydrogen (secondary N) is 1. The fraction of sp³-hybridized carbons (Fsp3) is 0.182. The van der Waals surface area contributed by atoms with Crippen LogP contribution < -0.4 is 10.2 Å². The van der Waals surface area contributed by atoms with Crippen molar-refractivity contribution in [3.05, 3.63) is 76.0 Å². The molecule has 0 aliphatic rings. The van der Waals surface area contributed by atoms with Gasteiger partial charge >= 0.3 is 0 Å². The van der Waals surface area contributed by atoms with Gasteiger partial charge in [-0.15, -0.1) is 11.8 Å². The molecule has 0 atom stereocenters. The predicted octanol–water partition coefficient (Wildman–Crippen LogP) is 5.11. The van der Waals surface area contributed by atoms with Crippen molar-refractivity contribution in [3.8, 4) is 11.4 Å². The quantitative estimate of drug-likeness (QED) is 0.296. The summed E-state index contributed by atoms with van der Waals surface area (Å²) in [6.45, 7) is 4.08. The first-order valence-electron chi connectivity index (χ1n) is 9.03. The smallest absolute Gasteiger partial charge is 0.250 e. The van der Waals surface area contributed by atoms with Crippen LogP contribution in [0.1, 0.15) is 17.0 Å². The average molecular weight is 472 g/mol. The summed E-state index contributed by atoms with van der Waals surface area (Å²) in [6.07, 6.45) is 1.68. The highest BCUT2D eigenvalue weighted by Gasteiger charge is 2.15. The summed E-state index contributed by atoms with van der Waals surface area (Å²) in [5.74, 6) is 0.922. The largest absolute Gasteiger partial charge is 0.497 e. The van der Waals surface area contributed by atoms with Gasteiger partial charge in [0.25, 0.3) is 0 Å². The molecule has 0 fully saturated rings. The van der Waals surface area contributed by atoms with Gasteiger partial charge in [0.05, 0.1) is 19.1 Å². The minimum absolute atomic E-state index is 0.157. The second-order valence-corrected chi connectivity index (χ2v) is 8.17. The molecule has 1 heterocycles. The Kier molecular flexibility index (Phi) is 7.17. The monoisotopic (exact) mass is 471 g/mol. The van der Waals surface area contributed by atoms with Gasteiger partial charge in [-0.2, -0.15) is 5.10 Å². The number of benzene rings is 2. The van der Waals surface area contributed by atoms with Crippen molar-refractivity contribution in [2.45, 2.75) is 18.7 Å². The molecule has 7 heteroatoms. The summed E-state index contributed by atoms with van der Waals surface area (Å²) in [6, 6.07) is 17.7. The van der Waals surface area contributed by atoms with Crippen LogP contribution in [-0.4, -0.2) is 29.6 Å². The highest BCUT2D eigenvalue weighted by atomic mass is 79.9. The molecule has 0 aliphatic carbocycles. The van der Waals surface area contributed by atoms with Crippen LogP contribution >= 0.6 is 27.7 Å². The Morgan fingerprint density at radius 2 is 1.83 bits per heavy atom. The number of nitrogens with zero attached hydrogens (tertiary/aromatic N) is 2. The second-order valence-electron chi connectivity index (χ2n) is 6.33. The first kappa shape index (κ1) is 21.2. The Morgan fingerprint density at radius 1 is 1.14 bits per heavy atom. The third kappa shape index (κ3) is 5.10. The van der Waals surface area contributed by atoms with E-state index < -0.39 is 0 Å². The van der Waals surface area contributed by atoms with Crippen LogP contribution in [0.2, 0.25) is 0 Å². The van der Waals surface area contributed by atoms with Crippen LogP contribution in [0.3, 0.4) is 0 Å². The molecule has 5 nitrogen and oxygen atoms in total. The molecule has 1 amide bonds. The van der Waals surface area contributed by atoms with E-state index in [0.717, 1.165) is 37.8 Å². The fourth-order valence-corrected chi connectivity index (χ4v) is 4.22. The molecule has 1 N–H and O–H groups in total. The molecule has 0 radical (unpaired) electrons. The normalized spacial score (nSPS) is 11.0. The van der Waals surface area contributed by atoms with Gasteiger partial charge in [-0.05, 0) is 66.2 Å². The van der Waals surface area contributed by atoms with Crippen LogP contribution in [0.15, 0.2) is 69.1 Å². The first-order valence-corrected chi connectivity index (χ1v) is 10.8. The third-order valence-corrected chi connectivity index (χ3v) is 6.45. The van der Waals surface area contributed by atoms with Crippen LogP contribution in [-0.2, 0) is 4.79 Å². The van der Waals surface area contributed by atoms with E-state index in [1.54, 1.807) is 13.3 Å². The van der Waals surface area contributed by atoms with Crippen molar-refractivity contribution < 1.29 is 9.53 Å². The maximum Gasteiger partial charge on any atom is 0.250 e. The molecule has 0 spiro atoms. The lowest BCUT2D eigenvalue weighted by molar-refractivity contribution is -0.118. The highest BCUT2D eigenvalue weighted by molar-refractivity contribution is 9.10. The Labute approximate surface area is 183 Å². The highest BCUT2D eigenvalue weighted by Crippen LogP contribution is 2.29. The Morgan fingerprint density at radius 3 is 2.48 bits per heavy atom. The summed E-state index contributed by atoms with van der Waals surface area (Å²) < 4.78 is 8.26. The fourth-order valence-electron chi connectivity index (χ4n) is 2.96. The number of aromatic nitrogens is 1. The van der Waals surface area contributed by atoms with E-state index in [4.69, 9.17) is 4.74 Å². The molecule has 0 unspecified atom stereocenters. The maximum absolute atomic E-state index is 12.1. The van der Waals surface area contributed by atoms with Crippen molar-refractivity contribution in [3.63, 3.8) is 0 Å². The standard InChI is InChI=1S/C22H22BrN3O2S/c1-15-20(22(23)16(2)26(15)17-7-5-4-6-8-17)13-24-25-21(27)14-29-19-11-9-18(28-3)10-12-19/h4-13H,14H2,1-3H3,(H,25,27)/b24-13+. The van der Waals surface area contributed by atoms with E-state index in [9.17, 15) is 4.79 Å². The van der Waals surface area contributed by atoms with E-state index in [1.165, 1.54) is 11.8 Å². The summed E-state index contributed by atoms with van der Waals surface area (Å²) in [4.78, 5) is 13.1. The second kappa shape index (κ2) is 9.80. The molecule has 2 aromatic carbocycles. The van der Waals surface area contributed by atoms with Crippen LogP contribution in [0.5, 0.6) is 5.75 Å². The summed E-state index contributed by atoms with van der Waals surface area (Å²) >= 11 is 5.10. The lowest BCUT2D eigenvalue weighted by atomic mass is 10.2. The van der Waals surface area contributed by atoms with Crippen molar-refractivity contribution in [2.24, 2.45) is 5.10 Å². The van der Waals surface area contributed by atoms with E-state index in [2.05, 4.69) is 43.2 Å². The maximum atomic E-state index is 12.1. The molecule has 1 aromatic heterocycles. The minimum Gasteiger partial charge on any atom is -0.497 e. The van der Waals surface area contributed by atoms with Crippen LogP contribution in [0.4, 0.5) is 0 Å². The van der Waals surface area contributed by atoms with Gasteiger partial charge in [-0.1, -0.05) is 18.2 Å². The molecule has 0 saturated heterocycles. The van der Waals surface area contributed by atoms with E-state index in [-0.39, 0.29) is 11.7 Å². The molecule has 3 aromatic rings. The van der Waals surface area contributed by atoms with Gasteiger partial charge in [0.15, 0.2) is 0 Å². The summed E-state index contributed by atoms with van der Waals surface area (Å²) in [7, 11) is 1.63. The number of halogens is 1. The Balaban J connectivity index is 1.63. The van der Waals surface area contributed by atoms with Gasteiger partial charge in [-0.25, -0.2) is 5.43 Å². The molecular formula is C22H22BrN3O2S. The van der Waals surface area contributed by atoms with Crippen LogP contribution in [0.25, 0.3) is 5.69 Å². The van der Waals surface area contributed by atoms with Gasteiger partial charge < -0.3 is 9.30 Å². The zero-order valence-corrected chi connectivity index (χ0v) is 18.9. The number of para-hydroxylation sites is 1. The number of carbonyl (C=O) groups excluding carboxylic acids is 1. The number of methoxy groups -OCH3 is 1. The van der Waals surface area contributed by atoms with Crippen molar-refractivity contribution in [1.29, 1.82) is 0 Å². The van der Waals surface area contributed by atoms with Gasteiger partial charge in [-0.3, -0.25) is 4.79 Å². The van der Waals surface area contributed by atoms with E-state index in [0.29, 0.717) is 0 Å². The van der Waals surface area contributed by atoms with Crippen molar-refractivity contribution in [2.75, 3.05) is 12.9 Å². The Hall–Kier alpha value is -2.51. The lowest BCUT2D eigenvalue weighted by Crippen LogP contribution is -2.19. The lowest BCUT2D eigenvalue weighted by Gasteiger charge is -2.08. The average Bonchev–Trinajstić information content (AvgIpc) is 2.96. The number of carbonyl (C=O) groups is 1. The first-order chi connectivity index (χ1) is 14.0. The number of hydrogen-bond acceptors (Lipinski definition) is 4. The summed E-state index contributed by atoms with van der Waals surface area (Å²) in [5, 5.41) is 4.15. The number of amides is 1. The number of thioether (sulfide) groups is 1. The molecule has 0 bridgehead atoms. The molecule has 0 aliphatic heterocycles. The molecule has 150 valence electrons. The van der Waals surface area contributed by atoms with Gasteiger partial charge in [0.1, 0.15) is 5.75 Å². The number of ether oxygens (including phenoxy) is 1. The van der Waals surface area contributed by atoms with Crippen LogP contribution in [0, 0.1) is 13.8 Å². The van der Waals surface area contributed by atoms with Gasteiger partial charge in [0.2, 0.25) is 5.91 Å². The van der Waals surface area contributed by atoms with Crippen molar-refractivity contribution >= 4 is 39.8 Å². The van der Waals surface area contributed by atoms with Crippen molar-refractivity contribution in [1.82, 2.24) is 9.99 Å². The molecule has 0 saturated carbocycles.